The van der Waals surface area contributed by atoms with Gasteiger partial charge in [-0.3, -0.25) is 0 Å². The molecule has 0 unspecified atom stereocenters. The standard InChI is InChI=1S/C23H28O4Se/c1-22(2,3)27-21(24)23(4,28-18-13-9-6-10-14-18)19-15-16-25-20(26-19)17-11-7-5-8-12-17/h5-14,19-20H,15-16H2,1-4H3/t19-,20-,23+/m0/s1. The van der Waals surface area contributed by atoms with E-state index in [4.69, 9.17) is 14.2 Å². The Hall–Kier alpha value is -1.65. The van der Waals surface area contributed by atoms with E-state index in [0.29, 0.717) is 13.0 Å². The van der Waals surface area contributed by atoms with Crippen molar-refractivity contribution in [2.24, 2.45) is 0 Å². The van der Waals surface area contributed by atoms with E-state index in [9.17, 15) is 4.79 Å². The molecular weight excluding hydrogens is 419 g/mol. The number of carbonyl (C=O) groups excluding carboxylic acids is 1. The fourth-order valence-corrected chi connectivity index (χ4v) is 5.62. The summed E-state index contributed by atoms with van der Waals surface area (Å²) in [6.45, 7) is 8.23. The summed E-state index contributed by atoms with van der Waals surface area (Å²) < 4.78 is 18.4. The van der Waals surface area contributed by atoms with Gasteiger partial charge in [0.15, 0.2) is 0 Å². The maximum absolute atomic E-state index is 13.3. The van der Waals surface area contributed by atoms with Gasteiger partial charge in [-0.15, -0.1) is 0 Å². The zero-order valence-electron chi connectivity index (χ0n) is 16.9. The molecule has 1 heterocycles. The van der Waals surface area contributed by atoms with Crippen LogP contribution in [-0.2, 0) is 19.0 Å². The topological polar surface area (TPSA) is 44.8 Å². The Labute approximate surface area is 173 Å². The van der Waals surface area contributed by atoms with Crippen LogP contribution in [0.1, 0.15) is 46.0 Å². The van der Waals surface area contributed by atoms with Gasteiger partial charge in [-0.1, -0.05) is 0 Å². The first-order chi connectivity index (χ1) is 13.3. The normalized spacial score (nSPS) is 22.3. The van der Waals surface area contributed by atoms with Crippen molar-refractivity contribution in [3.05, 3.63) is 66.2 Å². The van der Waals surface area contributed by atoms with E-state index >= 15 is 0 Å². The fourth-order valence-electron chi connectivity index (χ4n) is 3.08. The van der Waals surface area contributed by atoms with Crippen LogP contribution in [0.2, 0.25) is 4.31 Å². The van der Waals surface area contributed by atoms with Crippen molar-refractivity contribution in [2.45, 2.75) is 56.4 Å². The number of ether oxygens (including phenoxy) is 3. The van der Waals surface area contributed by atoms with Gasteiger partial charge in [-0.2, -0.15) is 0 Å². The third-order valence-corrected chi connectivity index (χ3v) is 7.36. The molecule has 28 heavy (non-hydrogen) atoms. The van der Waals surface area contributed by atoms with Gasteiger partial charge < -0.3 is 0 Å². The predicted octanol–water partition coefficient (Wildman–Crippen LogP) is 4.04. The Morgan fingerprint density at radius 2 is 1.61 bits per heavy atom. The first kappa shape index (κ1) is 21.1. The summed E-state index contributed by atoms with van der Waals surface area (Å²) >= 11 is -0.153. The summed E-state index contributed by atoms with van der Waals surface area (Å²) in [5.41, 5.74) is 0.417. The van der Waals surface area contributed by atoms with E-state index in [2.05, 4.69) is 12.1 Å². The average Bonchev–Trinajstić information content (AvgIpc) is 2.68. The van der Waals surface area contributed by atoms with E-state index in [1.165, 1.54) is 0 Å². The number of hydrogen-bond donors (Lipinski definition) is 0. The third-order valence-electron chi connectivity index (χ3n) is 4.50. The molecule has 2 aromatic rings. The van der Waals surface area contributed by atoms with Gasteiger partial charge in [0.25, 0.3) is 0 Å². The molecule has 1 aliphatic rings. The SMILES string of the molecule is CC(C)(C)OC(=O)[C@](C)([Se]c1ccccc1)[C@@H]1CCO[C@H](c2ccccc2)O1. The van der Waals surface area contributed by atoms with E-state index in [1.807, 2.05) is 76.2 Å². The molecular formula is C23H28O4Se. The first-order valence-corrected chi connectivity index (χ1v) is 11.3. The van der Waals surface area contributed by atoms with Crippen LogP contribution >= 0.6 is 0 Å². The Morgan fingerprint density at radius 1 is 1.00 bits per heavy atom. The van der Waals surface area contributed by atoms with Crippen molar-refractivity contribution < 1.29 is 19.0 Å². The second kappa shape index (κ2) is 8.79. The fraction of sp³-hybridized carbons (Fsp3) is 0.435. The minimum atomic E-state index is -0.752. The summed E-state index contributed by atoms with van der Waals surface area (Å²) in [5, 5.41) is 0. The zero-order valence-corrected chi connectivity index (χ0v) is 18.6. The molecule has 0 spiro atoms. The van der Waals surface area contributed by atoms with Crippen molar-refractivity contribution in [3.63, 3.8) is 0 Å². The molecule has 4 nitrogen and oxygen atoms in total. The molecule has 0 N–H and O–H groups in total. The first-order valence-electron chi connectivity index (χ1n) is 9.57. The van der Waals surface area contributed by atoms with Crippen LogP contribution < -0.4 is 4.46 Å². The number of carbonyl (C=O) groups is 1. The molecule has 150 valence electrons. The molecule has 0 aromatic heterocycles. The second-order valence-corrected chi connectivity index (χ2v) is 11.2. The van der Waals surface area contributed by atoms with Crippen molar-refractivity contribution in [2.75, 3.05) is 6.61 Å². The molecule has 0 aliphatic carbocycles. The Balaban J connectivity index is 1.87. The number of rotatable bonds is 5. The average molecular weight is 447 g/mol. The second-order valence-electron chi connectivity index (χ2n) is 8.05. The summed E-state index contributed by atoms with van der Waals surface area (Å²) in [7, 11) is 0. The molecule has 1 aliphatic heterocycles. The van der Waals surface area contributed by atoms with Gasteiger partial charge in [0.1, 0.15) is 0 Å². The van der Waals surface area contributed by atoms with Crippen LogP contribution in [-0.4, -0.2) is 39.2 Å². The van der Waals surface area contributed by atoms with Gasteiger partial charge in [0, 0.05) is 0 Å². The molecule has 1 fully saturated rings. The molecule has 3 atom stereocenters. The van der Waals surface area contributed by atoms with Gasteiger partial charge >= 0.3 is 174 Å². The van der Waals surface area contributed by atoms with E-state index in [0.717, 1.165) is 10.0 Å². The Kier molecular flexibility index (Phi) is 6.61. The molecule has 5 heteroatoms. The maximum atomic E-state index is 13.3. The van der Waals surface area contributed by atoms with Crippen LogP contribution in [0.5, 0.6) is 0 Å². The van der Waals surface area contributed by atoms with Crippen LogP contribution in [0, 0.1) is 0 Å². The molecule has 0 bridgehead atoms. The van der Waals surface area contributed by atoms with Crippen molar-refractivity contribution in [3.8, 4) is 0 Å². The van der Waals surface area contributed by atoms with Crippen LogP contribution in [0.4, 0.5) is 0 Å². The molecule has 1 saturated heterocycles. The van der Waals surface area contributed by atoms with Crippen LogP contribution in [0.25, 0.3) is 0 Å². The summed E-state index contributed by atoms with van der Waals surface area (Å²) in [6, 6.07) is 20.0. The summed E-state index contributed by atoms with van der Waals surface area (Å²) in [6.07, 6.45) is -0.0806. The number of hydrogen-bond acceptors (Lipinski definition) is 4. The quantitative estimate of drug-likeness (QED) is 0.513. The van der Waals surface area contributed by atoms with Crippen molar-refractivity contribution >= 4 is 25.4 Å². The van der Waals surface area contributed by atoms with Crippen LogP contribution in [0.3, 0.4) is 0 Å². The molecule has 3 rings (SSSR count). The van der Waals surface area contributed by atoms with Crippen molar-refractivity contribution in [1.29, 1.82) is 0 Å². The Bertz CT molecular complexity index is 772. The zero-order chi connectivity index (χ0) is 20.2. The van der Waals surface area contributed by atoms with E-state index in [1.54, 1.807) is 0 Å². The van der Waals surface area contributed by atoms with Crippen LogP contribution in [0.15, 0.2) is 60.7 Å². The number of benzene rings is 2. The van der Waals surface area contributed by atoms with Gasteiger partial charge in [0.05, 0.1) is 0 Å². The summed E-state index contributed by atoms with van der Waals surface area (Å²) in [4.78, 5) is 13.3. The van der Waals surface area contributed by atoms with E-state index < -0.39 is 16.2 Å². The van der Waals surface area contributed by atoms with E-state index in [-0.39, 0.29) is 27.0 Å². The monoisotopic (exact) mass is 448 g/mol. The van der Waals surface area contributed by atoms with Gasteiger partial charge in [-0.25, -0.2) is 0 Å². The third kappa shape index (κ3) is 5.24. The molecule has 2 aromatic carbocycles. The van der Waals surface area contributed by atoms with Gasteiger partial charge in [-0.05, 0) is 0 Å². The Morgan fingerprint density at radius 3 is 2.21 bits per heavy atom. The summed E-state index contributed by atoms with van der Waals surface area (Å²) in [5.74, 6) is -0.206. The predicted molar refractivity (Wildman–Crippen MR) is 111 cm³/mol. The molecule has 0 saturated carbocycles. The molecule has 0 amide bonds. The minimum absolute atomic E-state index is 0.153. The molecule has 0 radical (unpaired) electrons. The number of esters is 1. The van der Waals surface area contributed by atoms with Crippen molar-refractivity contribution in [1.82, 2.24) is 0 Å². The van der Waals surface area contributed by atoms with Gasteiger partial charge in [0.2, 0.25) is 0 Å².